The van der Waals surface area contributed by atoms with E-state index in [-0.39, 0.29) is 23.8 Å². The molecule has 116 valence electrons. The number of hydrogen-bond donors (Lipinski definition) is 2. The molecule has 21 heavy (non-hydrogen) atoms. The van der Waals surface area contributed by atoms with Crippen molar-refractivity contribution in [3.8, 4) is 0 Å². The molecule has 0 spiro atoms. The van der Waals surface area contributed by atoms with Gasteiger partial charge in [-0.05, 0) is 45.9 Å². The SMILES string of the molecule is CCN(C(=O)COC(C)(C)C)c1ccc(C(=O)O)cc1N. The number of benzene rings is 1. The van der Waals surface area contributed by atoms with Crippen LogP contribution in [0.4, 0.5) is 11.4 Å². The molecule has 1 amide bonds. The lowest BCUT2D eigenvalue weighted by Gasteiger charge is -2.25. The number of carboxylic acids is 1. The molecule has 0 saturated carbocycles. The van der Waals surface area contributed by atoms with Crippen molar-refractivity contribution >= 4 is 23.3 Å². The second-order valence-corrected chi connectivity index (χ2v) is 5.62. The van der Waals surface area contributed by atoms with Crippen LogP contribution >= 0.6 is 0 Å². The fraction of sp³-hybridized carbons (Fsp3) is 0.467. The standard InChI is InChI=1S/C15H22N2O4/c1-5-17(13(18)9-21-15(2,3)4)12-7-6-10(14(19)20)8-11(12)16/h6-8H,5,9,16H2,1-4H3,(H,19,20). The number of carbonyl (C=O) groups is 2. The number of carboxylic acid groups (broad SMARTS) is 1. The van der Waals surface area contributed by atoms with Gasteiger partial charge in [-0.25, -0.2) is 4.79 Å². The summed E-state index contributed by atoms with van der Waals surface area (Å²) in [7, 11) is 0. The van der Waals surface area contributed by atoms with Gasteiger partial charge >= 0.3 is 5.97 Å². The third kappa shape index (κ3) is 4.75. The third-order valence-corrected chi connectivity index (χ3v) is 2.81. The Morgan fingerprint density at radius 1 is 1.33 bits per heavy atom. The van der Waals surface area contributed by atoms with Crippen molar-refractivity contribution in [2.75, 3.05) is 23.8 Å². The van der Waals surface area contributed by atoms with Crippen LogP contribution in [0.25, 0.3) is 0 Å². The van der Waals surface area contributed by atoms with E-state index < -0.39 is 11.6 Å². The van der Waals surface area contributed by atoms with Crippen molar-refractivity contribution in [3.05, 3.63) is 23.8 Å². The Morgan fingerprint density at radius 2 is 1.95 bits per heavy atom. The van der Waals surface area contributed by atoms with Crippen LogP contribution in [0.2, 0.25) is 0 Å². The number of nitrogens with two attached hydrogens (primary N) is 1. The van der Waals surface area contributed by atoms with Crippen LogP contribution in [-0.2, 0) is 9.53 Å². The second-order valence-electron chi connectivity index (χ2n) is 5.62. The molecule has 0 radical (unpaired) electrons. The number of nitrogen functional groups attached to an aromatic ring is 1. The minimum atomic E-state index is -1.06. The maximum atomic E-state index is 12.2. The summed E-state index contributed by atoms with van der Waals surface area (Å²) in [4.78, 5) is 24.6. The summed E-state index contributed by atoms with van der Waals surface area (Å²) >= 11 is 0. The molecular weight excluding hydrogens is 272 g/mol. The predicted molar refractivity (Wildman–Crippen MR) is 81.5 cm³/mol. The van der Waals surface area contributed by atoms with Gasteiger partial charge in [0.15, 0.2) is 0 Å². The van der Waals surface area contributed by atoms with E-state index in [0.29, 0.717) is 12.2 Å². The third-order valence-electron chi connectivity index (χ3n) is 2.81. The molecule has 0 atom stereocenters. The molecule has 0 aliphatic heterocycles. The van der Waals surface area contributed by atoms with Crippen molar-refractivity contribution in [1.82, 2.24) is 0 Å². The van der Waals surface area contributed by atoms with Crippen LogP contribution < -0.4 is 10.6 Å². The van der Waals surface area contributed by atoms with E-state index in [2.05, 4.69) is 0 Å². The lowest BCUT2D eigenvalue weighted by atomic mass is 10.1. The number of carbonyl (C=O) groups excluding carboxylic acids is 1. The molecule has 0 bridgehead atoms. The van der Waals surface area contributed by atoms with Gasteiger partial charge in [0.25, 0.3) is 5.91 Å². The maximum Gasteiger partial charge on any atom is 0.335 e. The minimum absolute atomic E-state index is 0.0581. The van der Waals surface area contributed by atoms with E-state index >= 15 is 0 Å². The molecule has 0 aliphatic rings. The summed E-state index contributed by atoms with van der Waals surface area (Å²) in [5.41, 5.74) is 6.28. The van der Waals surface area contributed by atoms with Crippen LogP contribution in [0, 0.1) is 0 Å². The molecular formula is C15H22N2O4. The van der Waals surface area contributed by atoms with Gasteiger partial charge in [-0.1, -0.05) is 0 Å². The van der Waals surface area contributed by atoms with E-state index in [1.807, 2.05) is 27.7 Å². The summed E-state index contributed by atoms with van der Waals surface area (Å²) in [5, 5.41) is 8.92. The van der Waals surface area contributed by atoms with Gasteiger partial charge < -0.3 is 20.5 Å². The molecule has 0 heterocycles. The van der Waals surface area contributed by atoms with E-state index in [1.54, 1.807) is 0 Å². The van der Waals surface area contributed by atoms with Crippen molar-refractivity contribution in [2.45, 2.75) is 33.3 Å². The minimum Gasteiger partial charge on any atom is -0.478 e. The number of nitrogens with zero attached hydrogens (tertiary/aromatic N) is 1. The number of anilines is 2. The van der Waals surface area contributed by atoms with Crippen molar-refractivity contribution in [3.63, 3.8) is 0 Å². The van der Waals surface area contributed by atoms with E-state index in [1.165, 1.54) is 23.1 Å². The van der Waals surface area contributed by atoms with Crippen LogP contribution in [0.15, 0.2) is 18.2 Å². The predicted octanol–water partition coefficient (Wildman–Crippen LogP) is 2.13. The first-order valence-corrected chi connectivity index (χ1v) is 6.73. The highest BCUT2D eigenvalue weighted by Gasteiger charge is 2.20. The summed E-state index contributed by atoms with van der Waals surface area (Å²) < 4.78 is 5.47. The van der Waals surface area contributed by atoms with Crippen molar-refractivity contribution in [2.24, 2.45) is 0 Å². The average molecular weight is 294 g/mol. The van der Waals surface area contributed by atoms with Gasteiger partial charge in [-0.15, -0.1) is 0 Å². The van der Waals surface area contributed by atoms with Gasteiger partial charge in [0.1, 0.15) is 6.61 Å². The van der Waals surface area contributed by atoms with E-state index in [0.717, 1.165) is 0 Å². The first-order chi connectivity index (χ1) is 9.65. The molecule has 1 rings (SSSR count). The largest absolute Gasteiger partial charge is 0.478 e. The highest BCUT2D eigenvalue weighted by atomic mass is 16.5. The van der Waals surface area contributed by atoms with Crippen molar-refractivity contribution < 1.29 is 19.4 Å². The highest BCUT2D eigenvalue weighted by Crippen LogP contribution is 2.25. The number of amides is 1. The Kier molecular flexibility index (Phi) is 5.32. The summed E-state index contributed by atoms with van der Waals surface area (Å²) in [5.74, 6) is -1.28. The molecule has 0 saturated heterocycles. The highest BCUT2D eigenvalue weighted by molar-refractivity contribution is 5.98. The fourth-order valence-corrected chi connectivity index (χ4v) is 1.77. The lowest BCUT2D eigenvalue weighted by molar-refractivity contribution is -0.127. The zero-order valence-electron chi connectivity index (χ0n) is 12.8. The lowest BCUT2D eigenvalue weighted by Crippen LogP contribution is -2.36. The summed E-state index contributed by atoms with van der Waals surface area (Å²) in [6.07, 6.45) is 0. The number of hydrogen-bond acceptors (Lipinski definition) is 4. The molecule has 0 fully saturated rings. The van der Waals surface area contributed by atoms with E-state index in [9.17, 15) is 9.59 Å². The van der Waals surface area contributed by atoms with Gasteiger partial charge in [0.05, 0.1) is 22.5 Å². The van der Waals surface area contributed by atoms with Crippen LogP contribution in [-0.4, -0.2) is 35.7 Å². The molecule has 3 N–H and O–H groups in total. The van der Waals surface area contributed by atoms with Gasteiger partial charge in [0, 0.05) is 6.54 Å². The van der Waals surface area contributed by atoms with Gasteiger partial charge in [0.2, 0.25) is 0 Å². The molecule has 0 aromatic heterocycles. The number of ether oxygens (including phenoxy) is 1. The Hall–Kier alpha value is -2.08. The first kappa shape index (κ1) is 17.0. The molecule has 0 aliphatic carbocycles. The normalized spacial score (nSPS) is 11.2. The summed E-state index contributed by atoms with van der Waals surface area (Å²) in [6.45, 7) is 7.78. The summed E-state index contributed by atoms with van der Waals surface area (Å²) in [6, 6.07) is 4.31. The van der Waals surface area contributed by atoms with Gasteiger partial charge in [-0.3, -0.25) is 4.79 Å². The molecule has 1 aromatic carbocycles. The fourth-order valence-electron chi connectivity index (χ4n) is 1.77. The van der Waals surface area contributed by atoms with Crippen LogP contribution in [0.3, 0.4) is 0 Å². The van der Waals surface area contributed by atoms with Crippen LogP contribution in [0.1, 0.15) is 38.1 Å². The van der Waals surface area contributed by atoms with Crippen molar-refractivity contribution in [1.29, 1.82) is 0 Å². The number of likely N-dealkylation sites (N-methyl/N-ethyl adjacent to an activating group) is 1. The van der Waals surface area contributed by atoms with Gasteiger partial charge in [-0.2, -0.15) is 0 Å². The topological polar surface area (TPSA) is 92.9 Å². The molecule has 6 nitrogen and oxygen atoms in total. The Balaban J connectivity index is 2.94. The average Bonchev–Trinajstić information content (AvgIpc) is 2.38. The second kappa shape index (κ2) is 6.58. The Labute approximate surface area is 124 Å². The zero-order valence-corrected chi connectivity index (χ0v) is 12.8. The number of rotatable bonds is 5. The molecule has 6 heteroatoms. The molecule has 1 aromatic rings. The Morgan fingerprint density at radius 3 is 2.38 bits per heavy atom. The first-order valence-electron chi connectivity index (χ1n) is 6.73. The Bertz CT molecular complexity index is 535. The maximum absolute atomic E-state index is 12.2. The molecule has 0 unspecified atom stereocenters. The zero-order chi connectivity index (χ0) is 16.2. The monoisotopic (exact) mass is 294 g/mol. The number of aromatic carboxylic acids is 1. The van der Waals surface area contributed by atoms with E-state index in [4.69, 9.17) is 15.6 Å². The quantitative estimate of drug-likeness (QED) is 0.811. The van der Waals surface area contributed by atoms with Crippen LogP contribution in [0.5, 0.6) is 0 Å². The smallest absolute Gasteiger partial charge is 0.335 e.